The molecule has 0 radical (unpaired) electrons. The van der Waals surface area contributed by atoms with E-state index in [1.54, 1.807) is 13.8 Å². The smallest absolute Gasteiger partial charge is 0.313 e. The van der Waals surface area contributed by atoms with Gasteiger partial charge >= 0.3 is 11.8 Å². The largest absolute Gasteiger partial charge is 0.388 e. The third kappa shape index (κ3) is 6.78. The summed E-state index contributed by atoms with van der Waals surface area (Å²) in [5, 5.41) is 15.0. The monoisotopic (exact) mass is 324 g/mol. The fourth-order valence-electron chi connectivity index (χ4n) is 1.99. The van der Waals surface area contributed by atoms with E-state index in [1.165, 1.54) is 18.2 Å². The van der Waals surface area contributed by atoms with Crippen LogP contribution < -0.4 is 10.6 Å². The zero-order chi connectivity index (χ0) is 17.6. The highest BCUT2D eigenvalue weighted by molar-refractivity contribution is 6.39. The average molecular weight is 324 g/mol. The standard InChI is InChI=1S/C17H25FN2O3/c1-11(2)7-8-17(4,23)10-19-15(21)16(22)20-14-6-5-13(18)9-12(14)3/h5-6,9,11,23H,7-8,10H2,1-4H3,(H,19,21)(H,20,22). The van der Waals surface area contributed by atoms with Crippen LogP contribution in [0.25, 0.3) is 0 Å². The molecule has 0 fully saturated rings. The van der Waals surface area contributed by atoms with Crippen molar-refractivity contribution in [3.63, 3.8) is 0 Å². The van der Waals surface area contributed by atoms with Crippen LogP contribution in [0.15, 0.2) is 18.2 Å². The molecular weight excluding hydrogens is 299 g/mol. The lowest BCUT2D eigenvalue weighted by Crippen LogP contribution is -2.44. The highest BCUT2D eigenvalue weighted by atomic mass is 19.1. The quantitative estimate of drug-likeness (QED) is 0.703. The number of aliphatic hydroxyl groups is 1. The second-order valence-corrected chi connectivity index (χ2v) is 6.53. The number of amides is 2. The van der Waals surface area contributed by atoms with Crippen LogP contribution >= 0.6 is 0 Å². The molecule has 1 aromatic carbocycles. The second kappa shape index (κ2) is 8.06. The molecule has 1 unspecified atom stereocenters. The SMILES string of the molecule is Cc1cc(F)ccc1NC(=O)C(=O)NCC(C)(O)CCC(C)C. The molecule has 0 aliphatic rings. The van der Waals surface area contributed by atoms with E-state index < -0.39 is 23.2 Å². The Kier molecular flexibility index (Phi) is 6.69. The summed E-state index contributed by atoms with van der Waals surface area (Å²) in [6, 6.07) is 3.87. The van der Waals surface area contributed by atoms with Crippen LogP contribution in [0.3, 0.4) is 0 Å². The Labute approximate surface area is 136 Å². The molecule has 1 atom stereocenters. The van der Waals surface area contributed by atoms with E-state index in [1.807, 2.05) is 13.8 Å². The van der Waals surface area contributed by atoms with Gasteiger partial charge < -0.3 is 15.7 Å². The van der Waals surface area contributed by atoms with Crippen molar-refractivity contribution >= 4 is 17.5 Å². The zero-order valence-electron chi connectivity index (χ0n) is 14.1. The normalized spacial score (nSPS) is 13.5. The Morgan fingerprint density at radius 2 is 1.96 bits per heavy atom. The number of carbonyl (C=O) groups excluding carboxylic acids is 2. The van der Waals surface area contributed by atoms with Crippen molar-refractivity contribution in [2.45, 2.75) is 46.1 Å². The molecule has 0 heterocycles. The van der Waals surface area contributed by atoms with E-state index in [0.717, 1.165) is 6.42 Å². The summed E-state index contributed by atoms with van der Waals surface area (Å²) in [6.07, 6.45) is 1.35. The predicted molar refractivity (Wildman–Crippen MR) is 87.5 cm³/mol. The number of halogens is 1. The highest BCUT2D eigenvalue weighted by Crippen LogP contribution is 2.16. The van der Waals surface area contributed by atoms with Crippen LogP contribution in [-0.4, -0.2) is 29.1 Å². The maximum Gasteiger partial charge on any atom is 0.313 e. The fraction of sp³-hybridized carbons (Fsp3) is 0.529. The van der Waals surface area contributed by atoms with Crippen molar-refractivity contribution in [2.24, 2.45) is 5.92 Å². The number of aryl methyl sites for hydroxylation is 1. The number of rotatable bonds is 6. The van der Waals surface area contributed by atoms with Crippen LogP contribution in [0.1, 0.15) is 39.2 Å². The lowest BCUT2D eigenvalue weighted by atomic mass is 9.95. The Bertz CT molecular complexity index is 571. The van der Waals surface area contributed by atoms with Gasteiger partial charge in [-0.2, -0.15) is 0 Å². The minimum absolute atomic E-state index is 0.00558. The molecule has 0 saturated carbocycles. The fourth-order valence-corrected chi connectivity index (χ4v) is 1.99. The van der Waals surface area contributed by atoms with E-state index in [0.29, 0.717) is 23.6 Å². The van der Waals surface area contributed by atoms with Crippen molar-refractivity contribution in [3.05, 3.63) is 29.6 Å². The van der Waals surface area contributed by atoms with Gasteiger partial charge in [0.25, 0.3) is 0 Å². The van der Waals surface area contributed by atoms with Gasteiger partial charge in [-0.05, 0) is 56.4 Å². The number of hydrogen-bond acceptors (Lipinski definition) is 3. The Balaban J connectivity index is 2.52. The highest BCUT2D eigenvalue weighted by Gasteiger charge is 2.23. The van der Waals surface area contributed by atoms with Gasteiger partial charge in [0.1, 0.15) is 5.82 Å². The maximum absolute atomic E-state index is 13.0. The van der Waals surface area contributed by atoms with Crippen LogP contribution in [0.5, 0.6) is 0 Å². The van der Waals surface area contributed by atoms with Gasteiger partial charge in [-0.3, -0.25) is 9.59 Å². The van der Waals surface area contributed by atoms with Crippen LogP contribution in [0.2, 0.25) is 0 Å². The first-order valence-electron chi connectivity index (χ1n) is 7.68. The number of anilines is 1. The molecule has 0 aliphatic carbocycles. The molecule has 1 rings (SSSR count). The maximum atomic E-state index is 13.0. The van der Waals surface area contributed by atoms with Gasteiger partial charge in [0.05, 0.1) is 5.60 Å². The molecule has 2 amide bonds. The molecular formula is C17H25FN2O3. The lowest BCUT2D eigenvalue weighted by Gasteiger charge is -2.24. The molecule has 3 N–H and O–H groups in total. The summed E-state index contributed by atoms with van der Waals surface area (Å²) in [5.41, 5.74) is -0.167. The molecule has 23 heavy (non-hydrogen) atoms. The molecule has 0 bridgehead atoms. The van der Waals surface area contributed by atoms with Crippen molar-refractivity contribution in [1.29, 1.82) is 0 Å². The van der Waals surface area contributed by atoms with Crippen LogP contribution in [0.4, 0.5) is 10.1 Å². The van der Waals surface area contributed by atoms with E-state index in [9.17, 15) is 19.1 Å². The summed E-state index contributed by atoms with van der Waals surface area (Å²) in [5.74, 6) is -1.65. The molecule has 0 aromatic heterocycles. The minimum atomic E-state index is -1.06. The average Bonchev–Trinajstić information content (AvgIpc) is 2.45. The van der Waals surface area contributed by atoms with Crippen LogP contribution in [-0.2, 0) is 9.59 Å². The number of carbonyl (C=O) groups is 2. The van der Waals surface area contributed by atoms with Gasteiger partial charge in [0, 0.05) is 12.2 Å². The molecule has 0 saturated heterocycles. The van der Waals surface area contributed by atoms with Crippen molar-refractivity contribution in [2.75, 3.05) is 11.9 Å². The first kappa shape index (κ1) is 19.1. The van der Waals surface area contributed by atoms with Crippen molar-refractivity contribution in [3.8, 4) is 0 Å². The summed E-state index contributed by atoms with van der Waals surface area (Å²) >= 11 is 0. The number of nitrogens with one attached hydrogen (secondary N) is 2. The molecule has 6 heteroatoms. The topological polar surface area (TPSA) is 78.4 Å². The summed E-state index contributed by atoms with van der Waals surface area (Å²) in [7, 11) is 0. The van der Waals surface area contributed by atoms with Crippen molar-refractivity contribution < 1.29 is 19.1 Å². The van der Waals surface area contributed by atoms with Gasteiger partial charge in [0.15, 0.2) is 0 Å². The van der Waals surface area contributed by atoms with E-state index in [2.05, 4.69) is 10.6 Å². The molecule has 0 spiro atoms. The molecule has 0 aliphatic heterocycles. The zero-order valence-corrected chi connectivity index (χ0v) is 14.1. The molecule has 128 valence electrons. The predicted octanol–water partition coefficient (Wildman–Crippen LogP) is 2.38. The minimum Gasteiger partial charge on any atom is -0.388 e. The number of benzene rings is 1. The first-order valence-corrected chi connectivity index (χ1v) is 7.68. The number of hydrogen-bond donors (Lipinski definition) is 3. The summed E-state index contributed by atoms with van der Waals surface area (Å²) in [4.78, 5) is 23.6. The Hall–Kier alpha value is -1.95. The van der Waals surface area contributed by atoms with Gasteiger partial charge in [-0.15, -0.1) is 0 Å². The van der Waals surface area contributed by atoms with Gasteiger partial charge in [-0.1, -0.05) is 13.8 Å². The summed E-state index contributed by atoms with van der Waals surface area (Å²) in [6.45, 7) is 7.35. The molecule has 5 nitrogen and oxygen atoms in total. The third-order valence-corrected chi connectivity index (χ3v) is 3.53. The van der Waals surface area contributed by atoms with Crippen molar-refractivity contribution in [1.82, 2.24) is 5.32 Å². The first-order chi connectivity index (χ1) is 10.6. The third-order valence-electron chi connectivity index (χ3n) is 3.53. The van der Waals surface area contributed by atoms with E-state index >= 15 is 0 Å². The van der Waals surface area contributed by atoms with E-state index in [4.69, 9.17) is 0 Å². The Morgan fingerprint density at radius 1 is 1.30 bits per heavy atom. The second-order valence-electron chi connectivity index (χ2n) is 6.53. The summed E-state index contributed by atoms with van der Waals surface area (Å²) < 4.78 is 13.0. The lowest BCUT2D eigenvalue weighted by molar-refractivity contribution is -0.136. The van der Waals surface area contributed by atoms with E-state index in [-0.39, 0.29) is 6.54 Å². The Morgan fingerprint density at radius 3 is 2.52 bits per heavy atom. The van der Waals surface area contributed by atoms with Gasteiger partial charge in [0.2, 0.25) is 0 Å². The molecule has 1 aromatic rings. The van der Waals surface area contributed by atoms with Crippen LogP contribution in [0, 0.1) is 18.7 Å². The van der Waals surface area contributed by atoms with Gasteiger partial charge in [-0.25, -0.2) is 4.39 Å².